The molecule has 3 aromatic rings. The molecule has 0 radical (unpaired) electrons. The summed E-state index contributed by atoms with van der Waals surface area (Å²) in [7, 11) is 1.91. The zero-order valence-electron chi connectivity index (χ0n) is 19.9. The minimum atomic E-state index is -0.476. The summed E-state index contributed by atoms with van der Waals surface area (Å²) in [5, 5.41) is 8.30. The van der Waals surface area contributed by atoms with Gasteiger partial charge in [0.05, 0.1) is 5.52 Å². The Bertz CT molecular complexity index is 1140. The van der Waals surface area contributed by atoms with Crippen LogP contribution in [0, 0.1) is 0 Å². The van der Waals surface area contributed by atoms with Crippen molar-refractivity contribution in [3.05, 3.63) is 41.7 Å². The summed E-state index contributed by atoms with van der Waals surface area (Å²) in [5.41, 5.74) is 8.44. The molecular weight excluding hydrogens is 432 g/mol. The number of unbranched alkanes of at least 4 members (excludes halogenated alkanes) is 1. The highest BCUT2D eigenvalue weighted by molar-refractivity contribution is 5.96. The van der Waals surface area contributed by atoms with Gasteiger partial charge in [-0.25, -0.2) is 14.6 Å². The molecule has 10 nitrogen and oxygen atoms in total. The molecule has 0 unspecified atom stereocenters. The number of amides is 2. The van der Waals surface area contributed by atoms with Crippen molar-refractivity contribution in [2.75, 3.05) is 25.0 Å². The molecule has 0 aliphatic carbocycles. The predicted octanol–water partition coefficient (Wildman–Crippen LogP) is 2.18. The van der Waals surface area contributed by atoms with Gasteiger partial charge in [0.2, 0.25) is 17.8 Å². The highest BCUT2D eigenvalue weighted by Gasteiger charge is 2.26. The quantitative estimate of drug-likeness (QED) is 0.481. The molecule has 1 aromatic carbocycles. The molecule has 0 atom stereocenters. The van der Waals surface area contributed by atoms with Gasteiger partial charge in [-0.3, -0.25) is 9.59 Å². The number of nitrogens with zero attached hydrogens (tertiary/aromatic N) is 7. The summed E-state index contributed by atoms with van der Waals surface area (Å²) in [4.78, 5) is 37.3. The number of benzene rings is 1. The molecule has 10 heteroatoms. The number of carbonyl (C=O) groups excluding carboxylic acids is 2. The van der Waals surface area contributed by atoms with Crippen LogP contribution in [-0.4, -0.2) is 67.9 Å². The Kier molecular flexibility index (Phi) is 7.34. The minimum absolute atomic E-state index is 0.168. The normalized spacial score (nSPS) is 14.5. The van der Waals surface area contributed by atoms with Gasteiger partial charge in [0.15, 0.2) is 0 Å². The molecule has 1 saturated heterocycles. The van der Waals surface area contributed by atoms with Crippen LogP contribution < -0.4 is 10.6 Å². The van der Waals surface area contributed by atoms with Gasteiger partial charge in [0, 0.05) is 57.1 Å². The van der Waals surface area contributed by atoms with Crippen molar-refractivity contribution in [1.82, 2.24) is 29.9 Å². The Hall–Kier alpha value is -3.56. The first-order valence-corrected chi connectivity index (χ1v) is 11.9. The van der Waals surface area contributed by atoms with E-state index in [1.165, 1.54) is 0 Å². The van der Waals surface area contributed by atoms with Crippen LogP contribution in [0.25, 0.3) is 11.0 Å². The molecule has 3 heterocycles. The van der Waals surface area contributed by atoms with Gasteiger partial charge >= 0.3 is 0 Å². The highest BCUT2D eigenvalue weighted by atomic mass is 16.2. The first kappa shape index (κ1) is 23.6. The molecule has 0 saturated carbocycles. The van der Waals surface area contributed by atoms with E-state index in [2.05, 4.69) is 32.1 Å². The number of primary amides is 1. The van der Waals surface area contributed by atoms with Gasteiger partial charge in [-0.1, -0.05) is 12.1 Å². The van der Waals surface area contributed by atoms with Crippen molar-refractivity contribution in [3.8, 4) is 0 Å². The van der Waals surface area contributed by atoms with Gasteiger partial charge in [0.25, 0.3) is 0 Å². The molecule has 1 aliphatic heterocycles. The van der Waals surface area contributed by atoms with Gasteiger partial charge in [0.1, 0.15) is 5.52 Å². The van der Waals surface area contributed by atoms with Crippen molar-refractivity contribution < 1.29 is 9.59 Å². The zero-order chi connectivity index (χ0) is 24.1. The third kappa shape index (κ3) is 5.32. The van der Waals surface area contributed by atoms with Gasteiger partial charge in [-0.2, -0.15) is 0 Å². The molecule has 2 N–H and O–H groups in total. The number of hydrogen-bond donors (Lipinski definition) is 1. The Morgan fingerprint density at radius 3 is 2.56 bits per heavy atom. The number of anilines is 1. The summed E-state index contributed by atoms with van der Waals surface area (Å²) in [6.07, 6.45) is 8.59. The van der Waals surface area contributed by atoms with E-state index in [1.807, 2.05) is 24.3 Å². The van der Waals surface area contributed by atoms with Crippen molar-refractivity contribution in [1.29, 1.82) is 0 Å². The number of piperidine rings is 1. The lowest BCUT2D eigenvalue weighted by Crippen LogP contribution is -2.46. The number of aryl methyl sites for hydroxylation is 2. The number of nitrogens with two attached hydrogens (primary N) is 1. The van der Waals surface area contributed by atoms with Crippen molar-refractivity contribution in [2.24, 2.45) is 5.73 Å². The molecule has 1 aliphatic rings. The largest absolute Gasteiger partial charge is 0.366 e. The number of aromatic nitrogens is 5. The van der Waals surface area contributed by atoms with Crippen LogP contribution in [0.3, 0.4) is 0 Å². The third-order valence-electron chi connectivity index (χ3n) is 6.60. The maximum Gasteiger partial charge on any atom is 0.248 e. The number of hydrogen-bond acceptors (Lipinski definition) is 7. The van der Waals surface area contributed by atoms with Crippen molar-refractivity contribution in [3.63, 3.8) is 0 Å². The molecule has 0 bridgehead atoms. The van der Waals surface area contributed by atoms with Crippen LogP contribution >= 0.6 is 0 Å². The maximum absolute atomic E-state index is 12.8. The van der Waals surface area contributed by atoms with Gasteiger partial charge < -0.3 is 15.5 Å². The molecule has 180 valence electrons. The number of carbonyl (C=O) groups is 2. The average Bonchev–Trinajstić information content (AvgIpc) is 3.28. The molecule has 2 aromatic heterocycles. The van der Waals surface area contributed by atoms with E-state index >= 15 is 0 Å². The molecule has 34 heavy (non-hydrogen) atoms. The fourth-order valence-corrected chi connectivity index (χ4v) is 4.35. The first-order chi connectivity index (χ1) is 16.5. The smallest absolute Gasteiger partial charge is 0.248 e. The topological polar surface area (TPSA) is 123 Å². The van der Waals surface area contributed by atoms with Crippen LogP contribution in [-0.2, 0) is 17.8 Å². The van der Waals surface area contributed by atoms with Crippen LogP contribution in [0.2, 0.25) is 0 Å². The fraction of sp³-hybridized carbons (Fsp3) is 0.500. The number of fused-ring (bicyclic) bond motifs is 1. The Labute approximate surface area is 199 Å². The zero-order valence-corrected chi connectivity index (χ0v) is 19.9. The lowest BCUT2D eigenvalue weighted by Gasteiger charge is -2.36. The van der Waals surface area contributed by atoms with Crippen LogP contribution in [0.5, 0.6) is 0 Å². The summed E-state index contributed by atoms with van der Waals surface area (Å²) in [5.74, 6) is 0.464. The summed E-state index contributed by atoms with van der Waals surface area (Å²) in [6.45, 7) is 4.42. The Morgan fingerprint density at radius 1 is 1.15 bits per heavy atom. The standard InChI is InChI=1S/C24H32N8O2/c1-3-17-15-26-24(27-16-17)31-12-9-19(10-13-31)30(2)22(33)6-4-5-11-32-21-14-18(23(25)34)7-8-20(21)28-29-32/h7-8,14-16,19H,3-6,9-13H2,1-2H3,(H2,25,34). The van der Waals surface area contributed by atoms with Crippen LogP contribution in [0.15, 0.2) is 30.6 Å². The lowest BCUT2D eigenvalue weighted by atomic mass is 10.0. The molecule has 4 rings (SSSR count). The SMILES string of the molecule is CCc1cnc(N2CCC(N(C)C(=O)CCCCn3nnc4ccc(C(N)=O)cc43)CC2)nc1. The molecule has 1 fully saturated rings. The van der Waals surface area contributed by atoms with Crippen molar-refractivity contribution >= 4 is 28.8 Å². The predicted molar refractivity (Wildman–Crippen MR) is 129 cm³/mol. The molecule has 0 spiro atoms. The lowest BCUT2D eigenvalue weighted by molar-refractivity contribution is -0.132. The van der Waals surface area contributed by atoms with E-state index in [9.17, 15) is 9.59 Å². The van der Waals surface area contributed by atoms with Crippen LogP contribution in [0.1, 0.15) is 54.9 Å². The maximum atomic E-state index is 12.8. The van der Waals surface area contributed by atoms with Gasteiger partial charge in [-0.15, -0.1) is 5.10 Å². The Morgan fingerprint density at radius 2 is 1.88 bits per heavy atom. The fourth-order valence-electron chi connectivity index (χ4n) is 4.35. The van der Waals surface area contributed by atoms with Crippen molar-refractivity contribution in [2.45, 2.75) is 58.0 Å². The molecule has 2 amide bonds. The molecular formula is C24H32N8O2. The monoisotopic (exact) mass is 464 g/mol. The second-order valence-electron chi connectivity index (χ2n) is 8.81. The van der Waals surface area contributed by atoms with E-state index in [4.69, 9.17) is 5.73 Å². The third-order valence-corrected chi connectivity index (χ3v) is 6.60. The first-order valence-electron chi connectivity index (χ1n) is 11.9. The summed E-state index contributed by atoms with van der Waals surface area (Å²) in [6, 6.07) is 5.35. The van der Waals surface area contributed by atoms with E-state index in [0.29, 0.717) is 18.5 Å². The van der Waals surface area contributed by atoms with E-state index in [0.717, 1.165) is 67.7 Å². The van der Waals surface area contributed by atoms with E-state index < -0.39 is 5.91 Å². The minimum Gasteiger partial charge on any atom is -0.366 e. The number of rotatable bonds is 9. The van der Waals surface area contributed by atoms with Crippen LogP contribution in [0.4, 0.5) is 5.95 Å². The summed E-state index contributed by atoms with van der Waals surface area (Å²) >= 11 is 0. The Balaban J connectivity index is 1.22. The average molecular weight is 465 g/mol. The van der Waals surface area contributed by atoms with E-state index in [-0.39, 0.29) is 11.9 Å². The van der Waals surface area contributed by atoms with E-state index in [1.54, 1.807) is 22.9 Å². The highest BCUT2D eigenvalue weighted by Crippen LogP contribution is 2.20. The second-order valence-corrected chi connectivity index (χ2v) is 8.81. The second kappa shape index (κ2) is 10.6. The summed E-state index contributed by atoms with van der Waals surface area (Å²) < 4.78 is 1.76. The van der Waals surface area contributed by atoms with Gasteiger partial charge in [-0.05, 0) is 55.9 Å².